The number of methoxy groups -OCH3 is 1. The second-order valence-corrected chi connectivity index (χ2v) is 4.49. The molecule has 0 bridgehead atoms. The van der Waals surface area contributed by atoms with Gasteiger partial charge in [-0.05, 0) is 48.0 Å². The van der Waals surface area contributed by atoms with Crippen LogP contribution < -0.4 is 4.74 Å². The fourth-order valence-corrected chi connectivity index (χ4v) is 1.78. The van der Waals surface area contributed by atoms with Crippen LogP contribution in [0, 0.1) is 21.4 Å². The number of nitrogens with zero attached hydrogens (tertiary/aromatic N) is 3. The van der Waals surface area contributed by atoms with Crippen LogP contribution >= 0.6 is 0 Å². The fourth-order valence-electron chi connectivity index (χ4n) is 1.78. The van der Waals surface area contributed by atoms with Crippen LogP contribution in [-0.4, -0.2) is 17.7 Å². The van der Waals surface area contributed by atoms with Gasteiger partial charge in [-0.15, -0.1) is 0 Å². The van der Waals surface area contributed by atoms with E-state index < -0.39 is 4.92 Å². The molecule has 0 aliphatic heterocycles. The Morgan fingerprint density at radius 1 is 1.22 bits per heavy atom. The van der Waals surface area contributed by atoms with Gasteiger partial charge >= 0.3 is 0 Å². The lowest BCUT2D eigenvalue weighted by Crippen LogP contribution is -1.88. The molecule has 2 aromatic rings. The molecule has 0 aliphatic carbocycles. The number of nitro benzene ring substituents is 1. The highest BCUT2D eigenvalue weighted by atomic mass is 16.6. The lowest BCUT2D eigenvalue weighted by molar-refractivity contribution is -0.384. The van der Waals surface area contributed by atoms with Crippen molar-refractivity contribution in [3.8, 4) is 11.8 Å². The molecule has 2 rings (SSSR count). The molecule has 6 nitrogen and oxygen atoms in total. The molecule has 0 aromatic heterocycles. The zero-order valence-electron chi connectivity index (χ0n) is 12.3. The molecule has 0 spiro atoms. The molecule has 114 valence electrons. The summed E-state index contributed by atoms with van der Waals surface area (Å²) in [5, 5.41) is 19.7. The summed E-state index contributed by atoms with van der Waals surface area (Å²) in [5.41, 5.74) is 1.63. The summed E-state index contributed by atoms with van der Waals surface area (Å²) in [6.07, 6.45) is 3.24. The Balaban J connectivity index is 2.15. The van der Waals surface area contributed by atoms with Gasteiger partial charge in [-0.1, -0.05) is 6.08 Å². The van der Waals surface area contributed by atoms with Crippen molar-refractivity contribution in [3.63, 3.8) is 0 Å². The second-order valence-electron chi connectivity index (χ2n) is 4.49. The summed E-state index contributed by atoms with van der Waals surface area (Å²) >= 11 is 0. The number of allylic oxidation sites excluding steroid dienone is 1. The molecule has 0 N–H and O–H groups in total. The molecule has 0 radical (unpaired) electrons. The Morgan fingerprint density at radius 2 is 1.87 bits per heavy atom. The highest BCUT2D eigenvalue weighted by molar-refractivity contribution is 6.10. The van der Waals surface area contributed by atoms with Crippen molar-refractivity contribution in [1.29, 1.82) is 5.26 Å². The summed E-state index contributed by atoms with van der Waals surface area (Å²) in [5.74, 6) is 0.712. The smallest absolute Gasteiger partial charge is 0.269 e. The van der Waals surface area contributed by atoms with Crippen LogP contribution in [0.3, 0.4) is 0 Å². The first kappa shape index (κ1) is 15.9. The van der Waals surface area contributed by atoms with Gasteiger partial charge in [0.05, 0.1) is 17.7 Å². The predicted octanol–water partition coefficient (Wildman–Crippen LogP) is 3.91. The highest BCUT2D eigenvalue weighted by Crippen LogP contribution is 2.18. The van der Waals surface area contributed by atoms with Crippen LogP contribution in [0.4, 0.5) is 11.4 Å². The van der Waals surface area contributed by atoms with E-state index in [0.717, 1.165) is 5.56 Å². The van der Waals surface area contributed by atoms with Gasteiger partial charge in [-0.2, -0.15) is 5.26 Å². The van der Waals surface area contributed by atoms with E-state index in [-0.39, 0.29) is 11.4 Å². The molecule has 0 unspecified atom stereocenters. The molecule has 0 heterocycles. The predicted molar refractivity (Wildman–Crippen MR) is 87.8 cm³/mol. The van der Waals surface area contributed by atoms with E-state index in [1.54, 1.807) is 55.7 Å². The third-order valence-electron chi connectivity index (χ3n) is 2.97. The molecule has 6 heteroatoms. The summed E-state index contributed by atoms with van der Waals surface area (Å²) in [6.45, 7) is 0. The third kappa shape index (κ3) is 4.51. The van der Waals surface area contributed by atoms with Gasteiger partial charge < -0.3 is 4.74 Å². The lowest BCUT2D eigenvalue weighted by Gasteiger charge is -1.99. The summed E-state index contributed by atoms with van der Waals surface area (Å²) in [6, 6.07) is 15.0. The number of non-ortho nitro benzene ring substituents is 1. The van der Waals surface area contributed by atoms with Crippen LogP contribution in [0.1, 0.15) is 5.56 Å². The number of nitriles is 1. The van der Waals surface area contributed by atoms with Crippen LogP contribution in [0.25, 0.3) is 6.08 Å². The summed E-state index contributed by atoms with van der Waals surface area (Å²) in [4.78, 5) is 14.3. The van der Waals surface area contributed by atoms with Gasteiger partial charge in [0.15, 0.2) is 0 Å². The van der Waals surface area contributed by atoms with Crippen LogP contribution in [0.15, 0.2) is 59.6 Å². The number of aliphatic imine (C=N–C) groups is 1. The number of nitro groups is 1. The standard InChI is InChI=1S/C17H13N3O3/c1-23-17-10-6-14(7-11-17)19-15(12-18)5-2-13-3-8-16(9-4-13)20(21)22/h2-11H,1H3/b5-2+,19-15?. The van der Waals surface area contributed by atoms with Gasteiger partial charge in [0.25, 0.3) is 5.69 Å². The van der Waals surface area contributed by atoms with E-state index in [0.29, 0.717) is 11.4 Å². The first-order valence-corrected chi connectivity index (χ1v) is 6.68. The average Bonchev–Trinajstić information content (AvgIpc) is 2.59. The molecule has 0 saturated carbocycles. The first-order chi connectivity index (χ1) is 11.1. The maximum Gasteiger partial charge on any atom is 0.269 e. The Labute approximate surface area is 133 Å². The molecule has 0 fully saturated rings. The largest absolute Gasteiger partial charge is 0.497 e. The van der Waals surface area contributed by atoms with Gasteiger partial charge in [-0.25, -0.2) is 4.99 Å². The molecule has 2 aromatic carbocycles. The van der Waals surface area contributed by atoms with E-state index in [1.165, 1.54) is 12.1 Å². The van der Waals surface area contributed by atoms with Crippen molar-refractivity contribution in [2.24, 2.45) is 4.99 Å². The SMILES string of the molecule is COc1ccc(N=C(C#N)/C=C/c2ccc([N+](=O)[O-])cc2)cc1. The first-order valence-electron chi connectivity index (χ1n) is 6.68. The van der Waals surface area contributed by atoms with E-state index in [2.05, 4.69) is 4.99 Å². The maximum absolute atomic E-state index is 10.6. The molecular formula is C17H13N3O3. The van der Waals surface area contributed by atoms with Crippen molar-refractivity contribution in [2.75, 3.05) is 7.11 Å². The molecule has 0 amide bonds. The monoisotopic (exact) mass is 307 g/mol. The highest BCUT2D eigenvalue weighted by Gasteiger charge is 2.02. The van der Waals surface area contributed by atoms with Gasteiger partial charge in [0, 0.05) is 12.1 Å². The zero-order valence-corrected chi connectivity index (χ0v) is 12.3. The Bertz CT molecular complexity index is 785. The van der Waals surface area contributed by atoms with Gasteiger partial charge in [-0.3, -0.25) is 10.1 Å². The minimum atomic E-state index is -0.459. The van der Waals surface area contributed by atoms with Crippen molar-refractivity contribution in [2.45, 2.75) is 0 Å². The zero-order chi connectivity index (χ0) is 16.7. The Kier molecular flexibility index (Phi) is 5.21. The van der Waals surface area contributed by atoms with Crippen molar-refractivity contribution in [3.05, 3.63) is 70.3 Å². The second kappa shape index (κ2) is 7.52. The quantitative estimate of drug-likeness (QED) is 0.476. The normalized spacial score (nSPS) is 11.2. The van der Waals surface area contributed by atoms with E-state index >= 15 is 0 Å². The number of benzene rings is 2. The molecule has 0 atom stereocenters. The van der Waals surface area contributed by atoms with Crippen LogP contribution in [0.2, 0.25) is 0 Å². The van der Waals surface area contributed by atoms with Gasteiger partial charge in [0.2, 0.25) is 0 Å². The number of hydrogen-bond donors (Lipinski definition) is 0. The summed E-state index contributed by atoms with van der Waals surface area (Å²) < 4.78 is 5.06. The van der Waals surface area contributed by atoms with Crippen LogP contribution in [-0.2, 0) is 0 Å². The third-order valence-corrected chi connectivity index (χ3v) is 2.97. The Hall–Kier alpha value is -3.46. The van der Waals surface area contributed by atoms with Crippen molar-refractivity contribution >= 4 is 23.2 Å². The lowest BCUT2D eigenvalue weighted by atomic mass is 10.2. The number of hydrogen-bond acceptors (Lipinski definition) is 5. The topological polar surface area (TPSA) is 88.5 Å². The van der Waals surface area contributed by atoms with Crippen LogP contribution in [0.5, 0.6) is 5.75 Å². The van der Waals surface area contributed by atoms with Gasteiger partial charge in [0.1, 0.15) is 17.5 Å². The maximum atomic E-state index is 10.6. The Morgan fingerprint density at radius 3 is 2.39 bits per heavy atom. The number of ether oxygens (including phenoxy) is 1. The fraction of sp³-hybridized carbons (Fsp3) is 0.0588. The van der Waals surface area contributed by atoms with E-state index in [4.69, 9.17) is 10.00 Å². The van der Waals surface area contributed by atoms with Crippen molar-refractivity contribution in [1.82, 2.24) is 0 Å². The molecule has 0 aliphatic rings. The average molecular weight is 307 g/mol. The van der Waals surface area contributed by atoms with Crippen molar-refractivity contribution < 1.29 is 9.66 Å². The minimum absolute atomic E-state index is 0.0227. The number of rotatable bonds is 5. The molecular weight excluding hydrogens is 294 g/mol. The minimum Gasteiger partial charge on any atom is -0.497 e. The molecule has 0 saturated heterocycles. The van der Waals surface area contributed by atoms with E-state index in [1.807, 2.05) is 6.07 Å². The molecule has 23 heavy (non-hydrogen) atoms. The summed E-state index contributed by atoms with van der Waals surface area (Å²) in [7, 11) is 1.58. The van der Waals surface area contributed by atoms with E-state index in [9.17, 15) is 10.1 Å².